The number of methoxy groups -OCH3 is 2. The first kappa shape index (κ1) is 18.6. The van der Waals surface area contributed by atoms with Crippen LogP contribution in [0.1, 0.15) is 31.9 Å². The van der Waals surface area contributed by atoms with Crippen LogP contribution >= 0.6 is 0 Å². The highest BCUT2D eigenvalue weighted by Crippen LogP contribution is 2.24. The summed E-state index contributed by atoms with van der Waals surface area (Å²) in [4.78, 5) is 12.4. The largest absolute Gasteiger partial charge is 0.497 e. The van der Waals surface area contributed by atoms with Gasteiger partial charge in [-0.2, -0.15) is 0 Å². The van der Waals surface area contributed by atoms with Crippen molar-refractivity contribution in [2.24, 2.45) is 5.92 Å². The summed E-state index contributed by atoms with van der Waals surface area (Å²) in [5, 5.41) is 5.91. The summed E-state index contributed by atoms with van der Waals surface area (Å²) in [7, 11) is 3.24. The molecular formula is C20H26N2O3. The van der Waals surface area contributed by atoms with Gasteiger partial charge in [0.15, 0.2) is 0 Å². The normalized spacial score (nSPS) is 11.7. The number of nitrogens with one attached hydrogen (secondary N) is 2. The molecule has 5 nitrogen and oxygen atoms in total. The Balaban J connectivity index is 2.08. The van der Waals surface area contributed by atoms with Gasteiger partial charge in [-0.15, -0.1) is 0 Å². The Morgan fingerprint density at radius 3 is 2.28 bits per heavy atom. The summed E-state index contributed by atoms with van der Waals surface area (Å²) < 4.78 is 10.4. The van der Waals surface area contributed by atoms with Crippen molar-refractivity contribution in [3.63, 3.8) is 0 Å². The average molecular weight is 342 g/mol. The van der Waals surface area contributed by atoms with Gasteiger partial charge in [-0.05, 0) is 42.2 Å². The van der Waals surface area contributed by atoms with Crippen molar-refractivity contribution in [1.29, 1.82) is 0 Å². The minimum absolute atomic E-state index is 0.0727. The molecule has 0 radical (unpaired) electrons. The topological polar surface area (TPSA) is 59.6 Å². The van der Waals surface area contributed by atoms with E-state index in [0.29, 0.717) is 17.4 Å². The van der Waals surface area contributed by atoms with Gasteiger partial charge in [-0.1, -0.05) is 32.0 Å². The van der Waals surface area contributed by atoms with Gasteiger partial charge in [0, 0.05) is 11.8 Å². The lowest BCUT2D eigenvalue weighted by Gasteiger charge is -2.22. The van der Waals surface area contributed by atoms with Crippen molar-refractivity contribution < 1.29 is 14.3 Å². The van der Waals surface area contributed by atoms with Gasteiger partial charge in [-0.3, -0.25) is 0 Å². The summed E-state index contributed by atoms with van der Waals surface area (Å²) in [6, 6.07) is 14.7. The zero-order chi connectivity index (χ0) is 18.2. The van der Waals surface area contributed by atoms with E-state index in [1.54, 1.807) is 20.3 Å². The molecule has 0 saturated heterocycles. The molecule has 5 heteroatoms. The van der Waals surface area contributed by atoms with E-state index in [0.717, 1.165) is 17.7 Å². The van der Waals surface area contributed by atoms with Crippen molar-refractivity contribution >= 4 is 11.7 Å². The van der Waals surface area contributed by atoms with Gasteiger partial charge in [0.25, 0.3) is 0 Å². The highest BCUT2D eigenvalue weighted by atomic mass is 16.5. The van der Waals surface area contributed by atoms with Crippen molar-refractivity contribution in [3.05, 3.63) is 54.1 Å². The maximum absolute atomic E-state index is 12.4. The number of hydrogen-bond donors (Lipinski definition) is 2. The molecule has 2 aromatic rings. The minimum atomic E-state index is -0.241. The van der Waals surface area contributed by atoms with Gasteiger partial charge in [-0.25, -0.2) is 4.79 Å². The van der Waals surface area contributed by atoms with Gasteiger partial charge in [0.1, 0.15) is 11.5 Å². The van der Waals surface area contributed by atoms with Crippen LogP contribution in [0.15, 0.2) is 48.5 Å². The number of urea groups is 1. The molecule has 2 N–H and O–H groups in total. The zero-order valence-electron chi connectivity index (χ0n) is 15.2. The number of amides is 2. The fourth-order valence-electron chi connectivity index (χ4n) is 2.61. The molecule has 1 atom stereocenters. The Hall–Kier alpha value is -2.69. The molecule has 2 amide bonds. The quantitative estimate of drug-likeness (QED) is 0.772. The van der Waals surface area contributed by atoms with Crippen molar-refractivity contribution in [1.82, 2.24) is 5.32 Å². The van der Waals surface area contributed by atoms with Crippen molar-refractivity contribution in [2.75, 3.05) is 19.5 Å². The molecule has 25 heavy (non-hydrogen) atoms. The number of carbonyl (C=O) groups excluding carboxylic acids is 1. The first-order chi connectivity index (χ1) is 12.0. The van der Waals surface area contributed by atoms with E-state index >= 15 is 0 Å². The predicted molar refractivity (Wildman–Crippen MR) is 100 cm³/mol. The Bertz CT molecular complexity index is 684. The zero-order valence-corrected chi connectivity index (χ0v) is 15.2. The van der Waals surface area contributed by atoms with Gasteiger partial charge < -0.3 is 20.1 Å². The highest BCUT2D eigenvalue weighted by molar-refractivity contribution is 5.89. The summed E-state index contributed by atoms with van der Waals surface area (Å²) in [6.45, 7) is 4.27. The summed E-state index contributed by atoms with van der Waals surface area (Å²) in [6.07, 6.45) is 0.845. The lowest BCUT2D eigenvalue weighted by Crippen LogP contribution is -2.33. The molecule has 0 heterocycles. The Morgan fingerprint density at radius 2 is 1.68 bits per heavy atom. The van der Waals surface area contributed by atoms with E-state index in [2.05, 4.69) is 24.5 Å². The number of rotatable bonds is 7. The standard InChI is InChI=1S/C20H26N2O3/c1-14(2)12-19(15-8-10-17(24-3)11-9-15)22-20(23)21-16-6-5-7-18(13-16)25-4/h5-11,13-14,19H,12H2,1-4H3,(H2,21,22,23)/t19-/m1/s1. The van der Waals surface area contributed by atoms with E-state index in [1.165, 1.54) is 0 Å². The van der Waals surface area contributed by atoms with Crippen LogP contribution in [-0.4, -0.2) is 20.3 Å². The molecule has 0 bridgehead atoms. The Morgan fingerprint density at radius 1 is 1.00 bits per heavy atom. The van der Waals surface area contributed by atoms with E-state index < -0.39 is 0 Å². The van der Waals surface area contributed by atoms with Crippen LogP contribution < -0.4 is 20.1 Å². The van der Waals surface area contributed by atoms with Crippen molar-refractivity contribution in [2.45, 2.75) is 26.3 Å². The summed E-state index contributed by atoms with van der Waals surface area (Å²) in [5.74, 6) is 1.95. The average Bonchev–Trinajstić information content (AvgIpc) is 2.61. The number of ether oxygens (including phenoxy) is 2. The Labute approximate surface area is 149 Å². The fourth-order valence-corrected chi connectivity index (χ4v) is 2.61. The van der Waals surface area contributed by atoms with E-state index in [1.807, 2.05) is 42.5 Å². The van der Waals surface area contributed by atoms with Crippen LogP contribution in [0.3, 0.4) is 0 Å². The molecule has 0 aromatic heterocycles. The predicted octanol–water partition coefficient (Wildman–Crippen LogP) is 4.61. The summed E-state index contributed by atoms with van der Waals surface area (Å²) in [5.41, 5.74) is 1.74. The first-order valence-electron chi connectivity index (χ1n) is 8.37. The van der Waals surface area contributed by atoms with Crippen LogP contribution in [0.25, 0.3) is 0 Å². The van der Waals surface area contributed by atoms with E-state index in [-0.39, 0.29) is 12.1 Å². The molecule has 0 saturated carbocycles. The molecule has 2 aromatic carbocycles. The van der Waals surface area contributed by atoms with Gasteiger partial charge >= 0.3 is 6.03 Å². The molecule has 0 unspecified atom stereocenters. The Kier molecular flexibility index (Phi) is 6.69. The third-order valence-electron chi connectivity index (χ3n) is 3.86. The van der Waals surface area contributed by atoms with Crippen LogP contribution in [0, 0.1) is 5.92 Å². The molecule has 2 rings (SSSR count). The number of anilines is 1. The van der Waals surface area contributed by atoms with Crippen molar-refractivity contribution in [3.8, 4) is 11.5 Å². The smallest absolute Gasteiger partial charge is 0.319 e. The summed E-state index contributed by atoms with van der Waals surface area (Å²) >= 11 is 0. The molecular weight excluding hydrogens is 316 g/mol. The molecule has 0 fully saturated rings. The van der Waals surface area contributed by atoms with Crippen LogP contribution in [-0.2, 0) is 0 Å². The highest BCUT2D eigenvalue weighted by Gasteiger charge is 2.16. The van der Waals surface area contributed by atoms with Crippen LogP contribution in [0.4, 0.5) is 10.5 Å². The van der Waals surface area contributed by atoms with Gasteiger partial charge in [0.05, 0.1) is 20.3 Å². The number of carbonyl (C=O) groups is 1. The maximum atomic E-state index is 12.4. The maximum Gasteiger partial charge on any atom is 0.319 e. The third-order valence-corrected chi connectivity index (χ3v) is 3.86. The second-order valence-corrected chi connectivity index (χ2v) is 6.29. The number of hydrogen-bond acceptors (Lipinski definition) is 3. The minimum Gasteiger partial charge on any atom is -0.497 e. The molecule has 0 aliphatic carbocycles. The lowest BCUT2D eigenvalue weighted by atomic mass is 9.97. The molecule has 0 spiro atoms. The third kappa shape index (κ3) is 5.71. The van der Waals surface area contributed by atoms with Crippen LogP contribution in [0.2, 0.25) is 0 Å². The van der Waals surface area contributed by atoms with Gasteiger partial charge in [0.2, 0.25) is 0 Å². The molecule has 0 aliphatic heterocycles. The van der Waals surface area contributed by atoms with Crippen LogP contribution in [0.5, 0.6) is 11.5 Å². The SMILES string of the molecule is COc1ccc([C@@H](CC(C)C)NC(=O)Nc2cccc(OC)c2)cc1. The monoisotopic (exact) mass is 342 g/mol. The lowest BCUT2D eigenvalue weighted by molar-refractivity contribution is 0.246. The van der Waals surface area contributed by atoms with E-state index in [9.17, 15) is 4.79 Å². The first-order valence-corrected chi connectivity index (χ1v) is 8.37. The second-order valence-electron chi connectivity index (χ2n) is 6.29. The number of benzene rings is 2. The van der Waals surface area contributed by atoms with E-state index in [4.69, 9.17) is 9.47 Å². The fraction of sp³-hybridized carbons (Fsp3) is 0.350. The molecule has 134 valence electrons. The second kappa shape index (κ2) is 8.97. The molecule has 0 aliphatic rings.